The van der Waals surface area contributed by atoms with E-state index in [1.807, 2.05) is 38.1 Å². The van der Waals surface area contributed by atoms with Gasteiger partial charge in [-0.15, -0.1) is 0 Å². The highest BCUT2D eigenvalue weighted by Crippen LogP contribution is 2.35. The summed E-state index contributed by atoms with van der Waals surface area (Å²) in [5.74, 6) is -0.346. The van der Waals surface area contributed by atoms with Crippen molar-refractivity contribution in [3.63, 3.8) is 0 Å². The van der Waals surface area contributed by atoms with E-state index >= 15 is 0 Å². The van der Waals surface area contributed by atoms with Gasteiger partial charge in [-0.1, -0.05) is 26.0 Å². The fourth-order valence-corrected chi connectivity index (χ4v) is 5.82. The van der Waals surface area contributed by atoms with Crippen LogP contribution in [-0.4, -0.2) is 75.6 Å². The Kier molecular flexibility index (Phi) is 10.6. The molecule has 1 aromatic rings. The van der Waals surface area contributed by atoms with Gasteiger partial charge in [0.1, 0.15) is 17.8 Å². The second-order valence-electron chi connectivity index (χ2n) is 10.5. The molecular weight excluding hydrogens is 508 g/mol. The summed E-state index contributed by atoms with van der Waals surface area (Å²) in [5, 5.41) is 5.95. The molecule has 3 rings (SSSR count). The highest BCUT2D eigenvalue weighted by atomic mass is 32.2. The van der Waals surface area contributed by atoms with E-state index in [1.165, 1.54) is 0 Å². The Bertz CT molecular complexity index is 1080. The zero-order valence-corrected chi connectivity index (χ0v) is 23.7. The Morgan fingerprint density at radius 3 is 2.42 bits per heavy atom. The fourth-order valence-electron chi connectivity index (χ4n) is 5.33. The Morgan fingerprint density at radius 2 is 1.79 bits per heavy atom. The molecule has 2 heterocycles. The largest absolute Gasteiger partial charge is 0.497 e. The molecule has 0 aliphatic carbocycles. The van der Waals surface area contributed by atoms with E-state index in [0.717, 1.165) is 24.0 Å². The molecule has 0 saturated carbocycles. The van der Waals surface area contributed by atoms with Gasteiger partial charge in [-0.2, -0.15) is 0 Å². The lowest BCUT2D eigenvalue weighted by Crippen LogP contribution is -2.57. The van der Waals surface area contributed by atoms with Gasteiger partial charge in [0.05, 0.1) is 13.4 Å². The molecule has 5 atom stereocenters. The Labute approximate surface area is 226 Å². The number of carbonyl (C=O) groups is 3. The van der Waals surface area contributed by atoms with Crippen molar-refractivity contribution in [2.45, 2.75) is 76.9 Å². The first-order valence-electron chi connectivity index (χ1n) is 13.5. The first kappa shape index (κ1) is 29.9. The lowest BCUT2D eigenvalue weighted by atomic mass is 9.90. The van der Waals surface area contributed by atoms with Crippen molar-refractivity contribution < 1.29 is 27.5 Å². The quantitative estimate of drug-likeness (QED) is 0.362. The Hall–Kier alpha value is -2.66. The molecule has 3 amide bonds. The van der Waals surface area contributed by atoms with Crippen LogP contribution in [0.3, 0.4) is 0 Å². The average molecular weight is 551 g/mol. The number of nitrogens with one attached hydrogen (secondary N) is 3. The summed E-state index contributed by atoms with van der Waals surface area (Å²) in [6.07, 6.45) is 5.49. The first-order chi connectivity index (χ1) is 18.0. The molecule has 2 saturated heterocycles. The van der Waals surface area contributed by atoms with Gasteiger partial charge < -0.3 is 20.3 Å². The number of ether oxygens (including phenoxy) is 1. The molecule has 0 bridgehead atoms. The summed E-state index contributed by atoms with van der Waals surface area (Å²) in [5.41, 5.74) is 1.07. The number of methoxy groups -OCH3 is 1. The minimum Gasteiger partial charge on any atom is -0.497 e. The molecule has 3 N–H and O–H groups in total. The van der Waals surface area contributed by atoms with Gasteiger partial charge in [0.25, 0.3) is 0 Å². The third kappa shape index (κ3) is 7.92. The van der Waals surface area contributed by atoms with Gasteiger partial charge in [-0.3, -0.25) is 14.4 Å². The van der Waals surface area contributed by atoms with Crippen LogP contribution >= 0.6 is 0 Å². The Balaban J connectivity index is 1.70. The number of carbonyl (C=O) groups excluding carboxylic acids is 3. The monoisotopic (exact) mass is 550 g/mol. The number of rotatable bonds is 12. The maximum atomic E-state index is 13.9. The molecule has 38 heavy (non-hydrogen) atoms. The number of hydrogen-bond acceptors (Lipinski definition) is 6. The van der Waals surface area contributed by atoms with Crippen LogP contribution in [-0.2, 0) is 30.8 Å². The third-order valence-corrected chi connectivity index (χ3v) is 8.51. The smallest absolute Gasteiger partial charge is 0.246 e. The van der Waals surface area contributed by atoms with Gasteiger partial charge in [-0.05, 0) is 68.6 Å². The highest BCUT2D eigenvalue weighted by molar-refractivity contribution is 7.88. The summed E-state index contributed by atoms with van der Waals surface area (Å²) < 4.78 is 30.8. The topological polar surface area (TPSA) is 134 Å². The molecule has 10 nitrogen and oxygen atoms in total. The van der Waals surface area contributed by atoms with Crippen molar-refractivity contribution in [3.8, 4) is 5.75 Å². The Morgan fingerprint density at radius 1 is 1.11 bits per heavy atom. The van der Waals surface area contributed by atoms with Crippen LogP contribution in [0.4, 0.5) is 0 Å². The van der Waals surface area contributed by atoms with E-state index < -0.39 is 22.1 Å². The number of nitrogens with zero attached hydrogens (tertiary/aromatic N) is 1. The highest BCUT2D eigenvalue weighted by Gasteiger charge is 2.47. The summed E-state index contributed by atoms with van der Waals surface area (Å²) in [6, 6.07) is 6.22. The summed E-state index contributed by atoms with van der Waals surface area (Å²) >= 11 is 0. The minimum atomic E-state index is -3.37. The van der Waals surface area contributed by atoms with Gasteiger partial charge in [0, 0.05) is 25.0 Å². The van der Waals surface area contributed by atoms with E-state index in [-0.39, 0.29) is 42.1 Å². The van der Waals surface area contributed by atoms with Crippen molar-refractivity contribution in [2.24, 2.45) is 11.8 Å². The fraction of sp³-hybridized carbons (Fsp3) is 0.667. The number of sulfonamides is 1. The molecule has 0 spiro atoms. The van der Waals surface area contributed by atoms with Crippen molar-refractivity contribution in [3.05, 3.63) is 29.8 Å². The molecule has 0 radical (unpaired) electrons. The van der Waals surface area contributed by atoms with Gasteiger partial charge in [0.2, 0.25) is 27.7 Å². The molecule has 212 valence electrons. The van der Waals surface area contributed by atoms with Crippen LogP contribution < -0.4 is 20.1 Å². The SMILES string of the molecule is CC[C@H](C)C(=O)NC1C(=O)N2[C@@H](CC[C@@H]1CCNS(C)(=O)=O)CC[C@H]2C(=O)NCCc1ccc(OC)cc1. The van der Waals surface area contributed by atoms with Gasteiger partial charge in [-0.25, -0.2) is 13.1 Å². The lowest BCUT2D eigenvalue weighted by Gasteiger charge is -2.32. The maximum Gasteiger partial charge on any atom is 0.246 e. The van der Waals surface area contributed by atoms with Crippen LogP contribution in [0.5, 0.6) is 5.75 Å². The van der Waals surface area contributed by atoms with Crippen LogP contribution in [0, 0.1) is 11.8 Å². The van der Waals surface area contributed by atoms with Crippen molar-refractivity contribution in [1.29, 1.82) is 0 Å². The summed E-state index contributed by atoms with van der Waals surface area (Å²) in [6.45, 7) is 4.36. The standard InChI is InChI=1S/C27H42N4O6S/c1-5-18(2)25(32)30-24-20(15-17-29-38(4,35)36)8-9-21-10-13-23(31(21)27(24)34)26(33)28-16-14-19-6-11-22(37-3)12-7-19/h6-7,11-12,18,20-21,23-24,29H,5,8-10,13-17H2,1-4H3,(H,28,33)(H,30,32)/t18-,20+,21-,23-,24?/m0/s1. The first-order valence-corrected chi connectivity index (χ1v) is 15.4. The minimum absolute atomic E-state index is 0.0734. The van der Waals surface area contributed by atoms with Gasteiger partial charge in [0.15, 0.2) is 0 Å². The van der Waals surface area contributed by atoms with Crippen molar-refractivity contribution in [1.82, 2.24) is 20.3 Å². The maximum absolute atomic E-state index is 13.9. The molecule has 2 fully saturated rings. The second kappa shape index (κ2) is 13.4. The van der Waals surface area contributed by atoms with Crippen LogP contribution in [0.25, 0.3) is 0 Å². The van der Waals surface area contributed by atoms with Crippen LogP contribution in [0.1, 0.15) is 57.9 Å². The van der Waals surface area contributed by atoms with E-state index in [4.69, 9.17) is 4.74 Å². The average Bonchev–Trinajstić information content (AvgIpc) is 3.27. The van der Waals surface area contributed by atoms with E-state index in [0.29, 0.717) is 45.1 Å². The van der Waals surface area contributed by atoms with E-state index in [2.05, 4.69) is 15.4 Å². The number of fused-ring (bicyclic) bond motifs is 1. The molecule has 1 unspecified atom stereocenters. The van der Waals surface area contributed by atoms with E-state index in [9.17, 15) is 22.8 Å². The van der Waals surface area contributed by atoms with Crippen LogP contribution in [0.2, 0.25) is 0 Å². The van der Waals surface area contributed by atoms with E-state index in [1.54, 1.807) is 12.0 Å². The summed E-state index contributed by atoms with van der Waals surface area (Å²) in [4.78, 5) is 41.6. The molecular formula is C27H42N4O6S. The van der Waals surface area contributed by atoms with Crippen molar-refractivity contribution >= 4 is 27.7 Å². The molecule has 1 aromatic carbocycles. The molecule has 2 aliphatic heterocycles. The van der Waals surface area contributed by atoms with Gasteiger partial charge >= 0.3 is 0 Å². The predicted molar refractivity (Wildman–Crippen MR) is 145 cm³/mol. The predicted octanol–water partition coefficient (Wildman–Crippen LogP) is 1.59. The summed E-state index contributed by atoms with van der Waals surface area (Å²) in [7, 11) is -1.75. The molecule has 2 aliphatic rings. The second-order valence-corrected chi connectivity index (χ2v) is 12.3. The normalized spacial score (nSPS) is 24.3. The zero-order chi connectivity index (χ0) is 27.9. The van der Waals surface area contributed by atoms with Crippen molar-refractivity contribution in [2.75, 3.05) is 26.5 Å². The number of amides is 3. The lowest BCUT2D eigenvalue weighted by molar-refractivity contribution is -0.144. The number of benzene rings is 1. The third-order valence-electron chi connectivity index (χ3n) is 7.78. The number of hydrogen-bond donors (Lipinski definition) is 3. The van der Waals surface area contributed by atoms with Crippen LogP contribution in [0.15, 0.2) is 24.3 Å². The molecule has 0 aromatic heterocycles. The molecule has 11 heteroatoms. The zero-order valence-electron chi connectivity index (χ0n) is 22.9.